The van der Waals surface area contributed by atoms with Crippen LogP contribution in [0.2, 0.25) is 10.0 Å². The fourth-order valence-electron chi connectivity index (χ4n) is 2.24. The van der Waals surface area contributed by atoms with Gasteiger partial charge < -0.3 is 10.1 Å². The first-order chi connectivity index (χ1) is 13.8. The predicted octanol–water partition coefficient (Wildman–Crippen LogP) is 5.42. The average molecular weight is 438 g/mol. The summed E-state index contributed by atoms with van der Waals surface area (Å²) in [6.45, 7) is 0. The molecule has 3 rings (SSSR count). The maximum atomic E-state index is 13.6. The van der Waals surface area contributed by atoms with Gasteiger partial charge in [-0.1, -0.05) is 29.3 Å². The van der Waals surface area contributed by atoms with Gasteiger partial charge in [0.2, 0.25) is 5.88 Å². The number of benzene rings is 2. The number of rotatable bonds is 4. The zero-order chi connectivity index (χ0) is 21.0. The van der Waals surface area contributed by atoms with Gasteiger partial charge >= 0.3 is 6.03 Å². The lowest BCUT2D eigenvalue weighted by molar-refractivity contribution is 0.0959. The molecule has 0 atom stereocenters. The molecule has 6 nitrogen and oxygen atoms in total. The lowest BCUT2D eigenvalue weighted by atomic mass is 10.2. The monoisotopic (exact) mass is 437 g/mol. The Hall–Kier alpha value is -3.23. The number of aromatic nitrogens is 1. The standard InChI is InChI=1S/C19H11Cl2F2N3O3/c20-10-8-13(21)18(24-9-10)29-12-6-4-11(5-7-12)25-19(28)26-17(27)16-14(22)2-1-3-15(16)23/h1-9H,(H2,25,26,27,28). The Morgan fingerprint density at radius 3 is 2.28 bits per heavy atom. The van der Waals surface area contributed by atoms with Crippen LogP contribution in [0.1, 0.15) is 10.4 Å². The summed E-state index contributed by atoms with van der Waals surface area (Å²) in [5.74, 6) is -2.84. The molecule has 2 aromatic carbocycles. The molecule has 148 valence electrons. The van der Waals surface area contributed by atoms with Crippen molar-refractivity contribution in [3.8, 4) is 11.6 Å². The van der Waals surface area contributed by atoms with E-state index in [-0.39, 0.29) is 10.9 Å². The van der Waals surface area contributed by atoms with Crippen LogP contribution in [0.3, 0.4) is 0 Å². The minimum atomic E-state index is -1.21. The van der Waals surface area contributed by atoms with E-state index in [1.54, 1.807) is 0 Å². The SMILES string of the molecule is O=C(NC(=O)c1c(F)cccc1F)Nc1ccc(Oc2ncc(Cl)cc2Cl)cc1. The number of amides is 3. The Morgan fingerprint density at radius 2 is 1.66 bits per heavy atom. The van der Waals surface area contributed by atoms with Gasteiger partial charge in [0.15, 0.2) is 0 Å². The van der Waals surface area contributed by atoms with Gasteiger partial charge in [-0.2, -0.15) is 0 Å². The van der Waals surface area contributed by atoms with Crippen LogP contribution in [0.25, 0.3) is 0 Å². The molecule has 2 N–H and O–H groups in total. The van der Waals surface area contributed by atoms with Crippen LogP contribution in [-0.2, 0) is 0 Å². The lowest BCUT2D eigenvalue weighted by Crippen LogP contribution is -2.35. The van der Waals surface area contributed by atoms with Gasteiger partial charge in [-0.15, -0.1) is 0 Å². The van der Waals surface area contributed by atoms with Crippen molar-refractivity contribution in [2.45, 2.75) is 0 Å². The van der Waals surface area contributed by atoms with E-state index in [2.05, 4.69) is 10.3 Å². The van der Waals surface area contributed by atoms with Gasteiger partial charge in [0.25, 0.3) is 5.91 Å². The molecule has 10 heteroatoms. The summed E-state index contributed by atoms with van der Waals surface area (Å²) in [5.41, 5.74) is -0.550. The van der Waals surface area contributed by atoms with Crippen molar-refractivity contribution < 1.29 is 23.1 Å². The largest absolute Gasteiger partial charge is 0.438 e. The third kappa shape index (κ3) is 5.18. The lowest BCUT2D eigenvalue weighted by Gasteiger charge is -2.09. The molecule has 0 saturated heterocycles. The molecule has 0 unspecified atom stereocenters. The molecule has 0 radical (unpaired) electrons. The van der Waals surface area contributed by atoms with Crippen LogP contribution in [0.5, 0.6) is 11.6 Å². The van der Waals surface area contributed by atoms with Gasteiger partial charge in [-0.25, -0.2) is 18.6 Å². The van der Waals surface area contributed by atoms with E-state index in [1.165, 1.54) is 36.5 Å². The van der Waals surface area contributed by atoms with Crippen molar-refractivity contribution in [1.29, 1.82) is 0 Å². The maximum Gasteiger partial charge on any atom is 0.326 e. The van der Waals surface area contributed by atoms with E-state index in [0.717, 1.165) is 18.2 Å². The van der Waals surface area contributed by atoms with Crippen molar-refractivity contribution in [1.82, 2.24) is 10.3 Å². The molecule has 29 heavy (non-hydrogen) atoms. The normalized spacial score (nSPS) is 10.3. The Kier molecular flexibility index (Phi) is 6.26. The number of pyridine rings is 1. The smallest absolute Gasteiger partial charge is 0.326 e. The Balaban J connectivity index is 1.62. The molecule has 1 heterocycles. The molecule has 0 aliphatic heterocycles. The molecule has 0 aliphatic rings. The Labute approximate surface area is 173 Å². The molecule has 0 bridgehead atoms. The molecule has 3 aromatic rings. The minimum absolute atomic E-state index is 0.145. The van der Waals surface area contributed by atoms with Crippen molar-refractivity contribution >= 4 is 40.8 Å². The van der Waals surface area contributed by atoms with Crippen LogP contribution in [0.15, 0.2) is 54.7 Å². The second kappa shape index (κ2) is 8.85. The zero-order valence-corrected chi connectivity index (χ0v) is 15.9. The number of ether oxygens (including phenoxy) is 1. The van der Waals surface area contributed by atoms with E-state index >= 15 is 0 Å². The topological polar surface area (TPSA) is 80.3 Å². The number of carbonyl (C=O) groups is 2. The molecule has 1 aromatic heterocycles. The van der Waals surface area contributed by atoms with Gasteiger partial charge in [-0.3, -0.25) is 10.1 Å². The zero-order valence-electron chi connectivity index (χ0n) is 14.4. The quantitative estimate of drug-likeness (QED) is 0.570. The van der Waals surface area contributed by atoms with E-state index in [0.29, 0.717) is 16.5 Å². The number of anilines is 1. The summed E-state index contributed by atoms with van der Waals surface area (Å²) in [6, 6.07) is 9.43. The van der Waals surface area contributed by atoms with E-state index in [4.69, 9.17) is 27.9 Å². The van der Waals surface area contributed by atoms with Crippen molar-refractivity contribution in [3.63, 3.8) is 0 Å². The fraction of sp³-hybridized carbons (Fsp3) is 0. The summed E-state index contributed by atoms with van der Waals surface area (Å²) < 4.78 is 32.7. The minimum Gasteiger partial charge on any atom is -0.438 e. The second-order valence-electron chi connectivity index (χ2n) is 5.57. The number of nitrogens with zero attached hydrogens (tertiary/aromatic N) is 1. The van der Waals surface area contributed by atoms with Crippen LogP contribution in [0, 0.1) is 11.6 Å². The van der Waals surface area contributed by atoms with E-state index < -0.39 is 29.1 Å². The third-order valence-electron chi connectivity index (χ3n) is 3.52. The number of imide groups is 1. The highest BCUT2D eigenvalue weighted by Crippen LogP contribution is 2.29. The first-order valence-corrected chi connectivity index (χ1v) is 8.74. The number of hydrogen-bond acceptors (Lipinski definition) is 4. The van der Waals surface area contributed by atoms with E-state index in [9.17, 15) is 18.4 Å². The van der Waals surface area contributed by atoms with Crippen molar-refractivity contribution in [3.05, 3.63) is 82.0 Å². The average Bonchev–Trinajstić information content (AvgIpc) is 2.65. The van der Waals surface area contributed by atoms with Crippen molar-refractivity contribution in [2.24, 2.45) is 0 Å². The number of hydrogen-bond donors (Lipinski definition) is 2. The summed E-state index contributed by atoms with van der Waals surface area (Å²) in [5, 5.41) is 4.79. The van der Waals surface area contributed by atoms with Crippen molar-refractivity contribution in [2.75, 3.05) is 5.32 Å². The number of nitrogens with one attached hydrogen (secondary N) is 2. The number of urea groups is 1. The molecule has 0 saturated carbocycles. The van der Waals surface area contributed by atoms with Crippen LogP contribution in [0.4, 0.5) is 19.3 Å². The highest BCUT2D eigenvalue weighted by atomic mass is 35.5. The highest BCUT2D eigenvalue weighted by Gasteiger charge is 2.19. The summed E-state index contributed by atoms with van der Waals surface area (Å²) >= 11 is 11.7. The molecule has 0 aliphatic carbocycles. The summed E-state index contributed by atoms with van der Waals surface area (Å²) in [6.07, 6.45) is 1.37. The maximum absolute atomic E-state index is 13.6. The van der Waals surface area contributed by atoms with E-state index in [1.807, 2.05) is 5.32 Å². The molecule has 0 fully saturated rings. The summed E-state index contributed by atoms with van der Waals surface area (Å²) in [4.78, 5) is 27.8. The highest BCUT2D eigenvalue weighted by molar-refractivity contribution is 6.35. The second-order valence-corrected chi connectivity index (χ2v) is 6.42. The van der Waals surface area contributed by atoms with Gasteiger partial charge in [0.1, 0.15) is 28.0 Å². The molecule has 0 spiro atoms. The van der Waals surface area contributed by atoms with Crippen LogP contribution >= 0.6 is 23.2 Å². The van der Waals surface area contributed by atoms with Crippen LogP contribution in [-0.4, -0.2) is 16.9 Å². The number of carbonyl (C=O) groups excluding carboxylic acids is 2. The first kappa shape index (κ1) is 20.5. The van der Waals surface area contributed by atoms with Gasteiger partial charge in [0, 0.05) is 11.9 Å². The first-order valence-electron chi connectivity index (χ1n) is 7.99. The number of halogens is 4. The van der Waals surface area contributed by atoms with Gasteiger partial charge in [0.05, 0.1) is 5.02 Å². The predicted molar refractivity (Wildman–Crippen MR) is 104 cm³/mol. The fourth-order valence-corrected chi connectivity index (χ4v) is 2.66. The molecule has 3 amide bonds. The molecular formula is C19H11Cl2F2N3O3. The third-order valence-corrected chi connectivity index (χ3v) is 4.00. The van der Waals surface area contributed by atoms with Crippen LogP contribution < -0.4 is 15.4 Å². The summed E-state index contributed by atoms with van der Waals surface area (Å²) in [7, 11) is 0. The Bertz CT molecular complexity index is 1060. The van der Waals surface area contributed by atoms with Gasteiger partial charge in [-0.05, 0) is 42.5 Å². The molecular weight excluding hydrogens is 427 g/mol. The Morgan fingerprint density at radius 1 is 1.00 bits per heavy atom.